The van der Waals surface area contributed by atoms with Gasteiger partial charge in [-0.15, -0.1) is 11.6 Å². The average molecular weight is 271 g/mol. The van der Waals surface area contributed by atoms with Gasteiger partial charge in [0.1, 0.15) is 0 Å². The summed E-state index contributed by atoms with van der Waals surface area (Å²) in [7, 11) is 0. The minimum absolute atomic E-state index is 0.0467. The molecule has 2 atom stereocenters. The van der Waals surface area contributed by atoms with Gasteiger partial charge in [-0.3, -0.25) is 9.78 Å². The van der Waals surface area contributed by atoms with Gasteiger partial charge in [-0.2, -0.15) is 0 Å². The molecule has 18 heavy (non-hydrogen) atoms. The molecule has 3 nitrogen and oxygen atoms in total. The Kier molecular flexibility index (Phi) is 4.53. The quantitative estimate of drug-likeness (QED) is 0.855. The SMILES string of the molecule is O=C(NCC1CCCC1CCl)c1ccncc1F. The lowest BCUT2D eigenvalue weighted by Crippen LogP contribution is -2.31. The molecule has 1 aliphatic carbocycles. The minimum atomic E-state index is -0.588. The smallest absolute Gasteiger partial charge is 0.254 e. The van der Waals surface area contributed by atoms with Gasteiger partial charge in [-0.1, -0.05) is 6.42 Å². The van der Waals surface area contributed by atoms with Crippen LogP contribution in [0.5, 0.6) is 0 Å². The molecule has 1 aromatic heterocycles. The Morgan fingerprint density at radius 3 is 3.00 bits per heavy atom. The molecule has 0 spiro atoms. The van der Waals surface area contributed by atoms with E-state index in [0.29, 0.717) is 24.3 Å². The van der Waals surface area contributed by atoms with Crippen LogP contribution in [0, 0.1) is 17.7 Å². The number of carbonyl (C=O) groups excluding carboxylic acids is 1. The Balaban J connectivity index is 1.91. The minimum Gasteiger partial charge on any atom is -0.352 e. The standard InChI is InChI=1S/C13H16ClFN2O/c14-6-9-2-1-3-10(9)7-17-13(18)11-4-5-16-8-12(11)15/h4-5,8-10H,1-3,6-7H2,(H,17,18). The number of hydrogen-bond donors (Lipinski definition) is 1. The van der Waals surface area contributed by atoms with Gasteiger partial charge in [0.25, 0.3) is 5.91 Å². The van der Waals surface area contributed by atoms with E-state index in [1.165, 1.54) is 12.3 Å². The lowest BCUT2D eigenvalue weighted by atomic mass is 9.98. The fraction of sp³-hybridized carbons (Fsp3) is 0.538. The summed E-state index contributed by atoms with van der Waals surface area (Å²) in [4.78, 5) is 15.4. The van der Waals surface area contributed by atoms with Gasteiger partial charge in [-0.25, -0.2) is 4.39 Å². The first-order valence-electron chi connectivity index (χ1n) is 6.16. The predicted octanol–water partition coefficient (Wildman–Crippen LogP) is 2.61. The number of rotatable bonds is 4. The molecule has 1 amide bonds. The third-order valence-corrected chi connectivity index (χ3v) is 3.95. The van der Waals surface area contributed by atoms with Crippen LogP contribution in [-0.4, -0.2) is 23.3 Å². The van der Waals surface area contributed by atoms with Crippen LogP contribution in [0.4, 0.5) is 4.39 Å². The second-order valence-corrected chi connectivity index (χ2v) is 4.98. The number of carbonyl (C=O) groups is 1. The summed E-state index contributed by atoms with van der Waals surface area (Å²) in [5.41, 5.74) is 0.0467. The lowest BCUT2D eigenvalue weighted by molar-refractivity contribution is 0.0940. The van der Waals surface area contributed by atoms with E-state index in [1.54, 1.807) is 0 Å². The Labute approximate surface area is 111 Å². The monoisotopic (exact) mass is 270 g/mol. The molecule has 2 rings (SSSR count). The number of alkyl halides is 1. The van der Waals surface area contributed by atoms with Crippen LogP contribution < -0.4 is 5.32 Å². The van der Waals surface area contributed by atoms with Crippen LogP contribution in [0.3, 0.4) is 0 Å². The third-order valence-electron chi connectivity index (χ3n) is 3.56. The lowest BCUT2D eigenvalue weighted by Gasteiger charge is -2.17. The number of hydrogen-bond acceptors (Lipinski definition) is 2. The van der Waals surface area contributed by atoms with Crippen molar-refractivity contribution in [2.75, 3.05) is 12.4 Å². The van der Waals surface area contributed by atoms with E-state index in [0.717, 1.165) is 25.5 Å². The molecule has 5 heteroatoms. The van der Waals surface area contributed by atoms with Gasteiger partial charge in [0.2, 0.25) is 0 Å². The zero-order valence-electron chi connectivity index (χ0n) is 10.0. The van der Waals surface area contributed by atoms with Gasteiger partial charge in [0, 0.05) is 18.6 Å². The Bertz CT molecular complexity index is 427. The molecule has 0 aliphatic heterocycles. The van der Waals surface area contributed by atoms with Gasteiger partial charge in [0.05, 0.1) is 11.8 Å². The van der Waals surface area contributed by atoms with Gasteiger partial charge in [0.15, 0.2) is 5.82 Å². The Morgan fingerprint density at radius 1 is 1.50 bits per heavy atom. The van der Waals surface area contributed by atoms with Crippen LogP contribution >= 0.6 is 11.6 Å². The van der Waals surface area contributed by atoms with Crippen molar-refractivity contribution >= 4 is 17.5 Å². The normalized spacial score (nSPS) is 23.0. The van der Waals surface area contributed by atoms with Crippen molar-refractivity contribution in [2.24, 2.45) is 11.8 Å². The number of amides is 1. The summed E-state index contributed by atoms with van der Waals surface area (Å²) < 4.78 is 13.3. The van der Waals surface area contributed by atoms with Crippen molar-refractivity contribution in [1.29, 1.82) is 0 Å². The summed E-state index contributed by atoms with van der Waals surface area (Å²) in [6.45, 7) is 0.567. The molecule has 0 radical (unpaired) electrons. The van der Waals surface area contributed by atoms with E-state index in [9.17, 15) is 9.18 Å². The molecule has 1 aromatic rings. The molecule has 1 fully saturated rings. The molecule has 0 aromatic carbocycles. The summed E-state index contributed by atoms with van der Waals surface area (Å²) in [5, 5.41) is 2.78. The number of nitrogens with zero attached hydrogens (tertiary/aromatic N) is 1. The topological polar surface area (TPSA) is 42.0 Å². The van der Waals surface area contributed by atoms with Crippen molar-refractivity contribution in [3.05, 3.63) is 29.8 Å². The second-order valence-electron chi connectivity index (χ2n) is 4.67. The molecule has 1 aliphatic rings. The fourth-order valence-electron chi connectivity index (χ4n) is 2.46. The van der Waals surface area contributed by atoms with Crippen molar-refractivity contribution in [3.8, 4) is 0 Å². The van der Waals surface area contributed by atoms with Crippen LogP contribution in [0.1, 0.15) is 29.6 Å². The molecule has 1 saturated carbocycles. The first kappa shape index (κ1) is 13.3. The van der Waals surface area contributed by atoms with Crippen molar-refractivity contribution in [1.82, 2.24) is 10.3 Å². The highest BCUT2D eigenvalue weighted by Gasteiger charge is 2.26. The van der Waals surface area contributed by atoms with Crippen molar-refractivity contribution in [3.63, 3.8) is 0 Å². The van der Waals surface area contributed by atoms with E-state index in [2.05, 4.69) is 10.3 Å². The van der Waals surface area contributed by atoms with Crippen LogP contribution in [0.25, 0.3) is 0 Å². The number of halogens is 2. The number of aromatic nitrogens is 1. The molecule has 0 saturated heterocycles. The van der Waals surface area contributed by atoms with Gasteiger partial charge < -0.3 is 5.32 Å². The molecule has 1 N–H and O–H groups in total. The highest BCUT2D eigenvalue weighted by Crippen LogP contribution is 2.31. The molecule has 1 heterocycles. The zero-order valence-corrected chi connectivity index (χ0v) is 10.8. The molecular weight excluding hydrogens is 255 g/mol. The van der Waals surface area contributed by atoms with Crippen LogP contribution in [0.2, 0.25) is 0 Å². The van der Waals surface area contributed by atoms with E-state index >= 15 is 0 Å². The summed E-state index contributed by atoms with van der Waals surface area (Å²) in [5.74, 6) is 0.542. The second kappa shape index (κ2) is 6.14. The van der Waals surface area contributed by atoms with Gasteiger partial charge in [-0.05, 0) is 30.7 Å². The number of pyridine rings is 1. The largest absolute Gasteiger partial charge is 0.352 e. The zero-order chi connectivity index (χ0) is 13.0. The van der Waals surface area contributed by atoms with Crippen LogP contribution in [-0.2, 0) is 0 Å². The highest BCUT2D eigenvalue weighted by atomic mass is 35.5. The average Bonchev–Trinajstić information content (AvgIpc) is 2.84. The van der Waals surface area contributed by atoms with Crippen LogP contribution in [0.15, 0.2) is 18.5 Å². The van der Waals surface area contributed by atoms with E-state index in [-0.39, 0.29) is 11.5 Å². The summed E-state index contributed by atoms with van der Waals surface area (Å²) in [6.07, 6.45) is 5.81. The van der Waals surface area contributed by atoms with Gasteiger partial charge >= 0.3 is 0 Å². The molecule has 0 bridgehead atoms. The third kappa shape index (κ3) is 2.99. The first-order valence-corrected chi connectivity index (χ1v) is 6.69. The van der Waals surface area contributed by atoms with E-state index in [4.69, 9.17) is 11.6 Å². The Morgan fingerprint density at radius 2 is 2.28 bits per heavy atom. The molecular formula is C13H16ClFN2O. The van der Waals surface area contributed by atoms with E-state index < -0.39 is 5.82 Å². The maximum Gasteiger partial charge on any atom is 0.254 e. The number of nitrogens with one attached hydrogen (secondary N) is 1. The van der Waals surface area contributed by atoms with Crippen molar-refractivity contribution < 1.29 is 9.18 Å². The predicted molar refractivity (Wildman–Crippen MR) is 68.1 cm³/mol. The summed E-state index contributed by atoms with van der Waals surface area (Å²) >= 11 is 5.88. The molecule has 2 unspecified atom stereocenters. The first-order chi connectivity index (χ1) is 8.72. The van der Waals surface area contributed by atoms with E-state index in [1.807, 2.05) is 0 Å². The highest BCUT2D eigenvalue weighted by molar-refractivity contribution is 6.18. The van der Waals surface area contributed by atoms with Crippen molar-refractivity contribution in [2.45, 2.75) is 19.3 Å². The maximum atomic E-state index is 13.3. The summed E-state index contributed by atoms with van der Waals surface area (Å²) in [6, 6.07) is 1.39. The Hall–Kier alpha value is -1.16. The fourth-order valence-corrected chi connectivity index (χ4v) is 2.87. The maximum absolute atomic E-state index is 13.3. The molecule has 98 valence electrons.